The zero-order valence-electron chi connectivity index (χ0n) is 14.8. The Bertz CT molecular complexity index is 678. The van der Waals surface area contributed by atoms with Crippen molar-refractivity contribution in [2.75, 3.05) is 11.9 Å². The van der Waals surface area contributed by atoms with Crippen molar-refractivity contribution in [2.45, 2.75) is 40.2 Å². The summed E-state index contributed by atoms with van der Waals surface area (Å²) >= 11 is 0. The molecule has 1 atom stereocenters. The van der Waals surface area contributed by atoms with Crippen LogP contribution >= 0.6 is 0 Å². The van der Waals surface area contributed by atoms with E-state index in [1.54, 1.807) is 0 Å². The van der Waals surface area contributed by atoms with Crippen LogP contribution in [0.25, 0.3) is 0 Å². The van der Waals surface area contributed by atoms with Gasteiger partial charge in [0.15, 0.2) is 0 Å². The summed E-state index contributed by atoms with van der Waals surface area (Å²) in [6.07, 6.45) is 0.942. The van der Waals surface area contributed by atoms with Crippen molar-refractivity contribution in [3.63, 3.8) is 0 Å². The molecule has 1 unspecified atom stereocenters. The Kier molecular flexibility index (Phi) is 6.24. The molecule has 0 aliphatic rings. The number of carbonyl (C=O) groups is 1. The normalized spacial score (nSPS) is 11.7. The molecule has 2 amide bonds. The molecule has 128 valence electrons. The number of para-hydroxylation sites is 1. The third kappa shape index (κ3) is 5.01. The van der Waals surface area contributed by atoms with E-state index in [1.807, 2.05) is 63.2 Å². The van der Waals surface area contributed by atoms with Crippen molar-refractivity contribution in [3.8, 4) is 5.75 Å². The molecular formula is C20H26N2O2. The summed E-state index contributed by atoms with van der Waals surface area (Å²) in [5, 5.41) is 5.76. The molecule has 4 nitrogen and oxygen atoms in total. The number of rotatable bonds is 6. The highest BCUT2D eigenvalue weighted by atomic mass is 16.5. The van der Waals surface area contributed by atoms with Gasteiger partial charge in [0.05, 0.1) is 6.04 Å². The van der Waals surface area contributed by atoms with Crippen molar-refractivity contribution in [1.82, 2.24) is 5.32 Å². The minimum absolute atomic E-state index is 0.0987. The van der Waals surface area contributed by atoms with Crippen LogP contribution in [0, 0.1) is 13.8 Å². The van der Waals surface area contributed by atoms with Gasteiger partial charge in [-0.2, -0.15) is 0 Å². The van der Waals surface area contributed by atoms with Gasteiger partial charge in [0.1, 0.15) is 12.4 Å². The van der Waals surface area contributed by atoms with Crippen LogP contribution < -0.4 is 15.4 Å². The Balaban J connectivity index is 1.85. The Morgan fingerprint density at radius 3 is 2.46 bits per heavy atom. The summed E-state index contributed by atoms with van der Waals surface area (Å²) in [5.74, 6) is 0.891. The number of aryl methyl sites for hydroxylation is 3. The van der Waals surface area contributed by atoms with E-state index in [0.717, 1.165) is 29.0 Å². The molecule has 2 rings (SSSR count). The maximum Gasteiger partial charge on any atom is 0.319 e. The summed E-state index contributed by atoms with van der Waals surface area (Å²) in [6, 6.07) is 13.6. The highest BCUT2D eigenvalue weighted by molar-refractivity contribution is 5.89. The van der Waals surface area contributed by atoms with E-state index in [9.17, 15) is 4.79 Å². The summed E-state index contributed by atoms with van der Waals surface area (Å²) in [7, 11) is 0. The lowest BCUT2D eigenvalue weighted by molar-refractivity contribution is 0.236. The fourth-order valence-corrected chi connectivity index (χ4v) is 2.54. The molecule has 0 aliphatic heterocycles. The lowest BCUT2D eigenvalue weighted by Crippen LogP contribution is -2.39. The van der Waals surface area contributed by atoms with E-state index in [1.165, 1.54) is 5.56 Å². The van der Waals surface area contributed by atoms with Gasteiger partial charge in [-0.3, -0.25) is 0 Å². The Morgan fingerprint density at radius 1 is 1.12 bits per heavy atom. The second kappa shape index (κ2) is 8.39. The minimum atomic E-state index is -0.221. The topological polar surface area (TPSA) is 50.4 Å². The Labute approximate surface area is 144 Å². The number of hydrogen-bond donors (Lipinski definition) is 2. The van der Waals surface area contributed by atoms with E-state index in [4.69, 9.17) is 4.74 Å². The number of nitrogens with one attached hydrogen (secondary N) is 2. The zero-order valence-corrected chi connectivity index (χ0v) is 14.8. The van der Waals surface area contributed by atoms with Crippen LogP contribution in [0.1, 0.15) is 30.5 Å². The minimum Gasteiger partial charge on any atom is -0.491 e. The van der Waals surface area contributed by atoms with Gasteiger partial charge in [0.2, 0.25) is 0 Å². The second-order valence-electron chi connectivity index (χ2n) is 6.09. The number of urea groups is 1. The Hall–Kier alpha value is -2.49. The first kappa shape index (κ1) is 17.9. The average molecular weight is 326 g/mol. The largest absolute Gasteiger partial charge is 0.491 e. The molecule has 0 spiro atoms. The molecule has 0 saturated heterocycles. The molecule has 0 radical (unpaired) electrons. The number of hydrogen-bond acceptors (Lipinski definition) is 2. The van der Waals surface area contributed by atoms with Gasteiger partial charge in [0.25, 0.3) is 0 Å². The average Bonchev–Trinajstić information content (AvgIpc) is 2.54. The van der Waals surface area contributed by atoms with Gasteiger partial charge in [0, 0.05) is 5.69 Å². The predicted octanol–water partition coefficient (Wildman–Crippen LogP) is 4.45. The molecule has 0 fully saturated rings. The van der Waals surface area contributed by atoms with Crippen LogP contribution in [0.3, 0.4) is 0 Å². The molecule has 2 aromatic carbocycles. The van der Waals surface area contributed by atoms with E-state index >= 15 is 0 Å². The molecule has 0 aliphatic carbocycles. The predicted molar refractivity (Wildman–Crippen MR) is 98.8 cm³/mol. The molecule has 0 aromatic heterocycles. The highest BCUT2D eigenvalue weighted by Gasteiger charge is 2.10. The molecule has 0 heterocycles. The maximum absolute atomic E-state index is 12.1. The smallest absolute Gasteiger partial charge is 0.319 e. The standard InChI is InChI=1S/C20H26N2O2/c1-5-17-10-7-11-18(12-17)22-20(23)21-16(4)13-24-19-14(2)8-6-9-15(19)3/h6-12,16H,5,13H2,1-4H3,(H2,21,22,23). The van der Waals surface area contributed by atoms with Crippen LogP contribution in [0.15, 0.2) is 42.5 Å². The summed E-state index contributed by atoms with van der Waals surface area (Å²) in [4.78, 5) is 12.1. The van der Waals surface area contributed by atoms with Crippen LogP contribution in [0.2, 0.25) is 0 Å². The van der Waals surface area contributed by atoms with Crippen molar-refractivity contribution in [1.29, 1.82) is 0 Å². The lowest BCUT2D eigenvalue weighted by Gasteiger charge is -2.18. The van der Waals surface area contributed by atoms with E-state index in [0.29, 0.717) is 6.61 Å². The number of anilines is 1. The van der Waals surface area contributed by atoms with Crippen LogP contribution in [0.4, 0.5) is 10.5 Å². The monoisotopic (exact) mass is 326 g/mol. The second-order valence-corrected chi connectivity index (χ2v) is 6.09. The third-order valence-electron chi connectivity index (χ3n) is 3.86. The first-order valence-electron chi connectivity index (χ1n) is 8.35. The molecule has 24 heavy (non-hydrogen) atoms. The van der Waals surface area contributed by atoms with Crippen molar-refractivity contribution >= 4 is 11.7 Å². The fraction of sp³-hybridized carbons (Fsp3) is 0.350. The summed E-state index contributed by atoms with van der Waals surface area (Å²) in [5.41, 5.74) is 4.19. The fourth-order valence-electron chi connectivity index (χ4n) is 2.54. The van der Waals surface area contributed by atoms with Crippen molar-refractivity contribution < 1.29 is 9.53 Å². The number of benzene rings is 2. The molecule has 2 aromatic rings. The van der Waals surface area contributed by atoms with E-state index < -0.39 is 0 Å². The molecule has 0 bridgehead atoms. The number of ether oxygens (including phenoxy) is 1. The SMILES string of the molecule is CCc1cccc(NC(=O)NC(C)COc2c(C)cccc2C)c1. The molecule has 2 N–H and O–H groups in total. The van der Waals surface area contributed by atoms with Crippen LogP contribution in [0.5, 0.6) is 5.75 Å². The molecule has 0 saturated carbocycles. The first-order chi connectivity index (χ1) is 11.5. The van der Waals surface area contributed by atoms with Gasteiger partial charge in [-0.05, 0) is 56.0 Å². The van der Waals surface area contributed by atoms with Gasteiger partial charge >= 0.3 is 6.03 Å². The van der Waals surface area contributed by atoms with Crippen molar-refractivity contribution in [2.24, 2.45) is 0 Å². The quantitative estimate of drug-likeness (QED) is 0.823. The first-order valence-corrected chi connectivity index (χ1v) is 8.35. The number of carbonyl (C=O) groups excluding carboxylic acids is 1. The highest BCUT2D eigenvalue weighted by Crippen LogP contribution is 2.22. The maximum atomic E-state index is 12.1. The Morgan fingerprint density at radius 2 is 1.79 bits per heavy atom. The van der Waals surface area contributed by atoms with Gasteiger partial charge in [-0.1, -0.05) is 37.3 Å². The lowest BCUT2D eigenvalue weighted by atomic mass is 10.1. The van der Waals surface area contributed by atoms with Crippen LogP contribution in [-0.2, 0) is 6.42 Å². The van der Waals surface area contributed by atoms with Gasteiger partial charge in [-0.15, -0.1) is 0 Å². The van der Waals surface area contributed by atoms with Gasteiger partial charge in [-0.25, -0.2) is 4.79 Å². The van der Waals surface area contributed by atoms with Crippen molar-refractivity contribution in [3.05, 3.63) is 59.2 Å². The van der Waals surface area contributed by atoms with Gasteiger partial charge < -0.3 is 15.4 Å². The van der Waals surface area contributed by atoms with E-state index in [-0.39, 0.29) is 12.1 Å². The molecular weight excluding hydrogens is 300 g/mol. The summed E-state index contributed by atoms with van der Waals surface area (Å²) in [6.45, 7) is 8.48. The van der Waals surface area contributed by atoms with E-state index in [2.05, 4.69) is 17.6 Å². The summed E-state index contributed by atoms with van der Waals surface area (Å²) < 4.78 is 5.87. The molecule has 4 heteroatoms. The number of amides is 2. The zero-order chi connectivity index (χ0) is 17.5. The third-order valence-corrected chi connectivity index (χ3v) is 3.86. The van der Waals surface area contributed by atoms with Crippen LogP contribution in [-0.4, -0.2) is 18.7 Å².